The minimum atomic E-state index is -0.588. The summed E-state index contributed by atoms with van der Waals surface area (Å²) in [5.41, 5.74) is 7.65. The van der Waals surface area contributed by atoms with E-state index in [4.69, 9.17) is 19.9 Å². The Hall–Kier alpha value is -3.61. The average molecular weight is 366 g/mol. The number of methoxy groups -OCH3 is 1. The minimum Gasteiger partial charge on any atom is -0.493 e. The lowest BCUT2D eigenvalue weighted by molar-refractivity contribution is -0.130. The van der Waals surface area contributed by atoms with Crippen LogP contribution in [0.15, 0.2) is 53.2 Å². The zero-order chi connectivity index (χ0) is 19.4. The lowest BCUT2D eigenvalue weighted by Gasteiger charge is -2.09. The molecule has 2 aromatic rings. The number of carbonyl (C=O) groups is 2. The van der Waals surface area contributed by atoms with E-state index in [9.17, 15) is 9.59 Å². The maximum absolute atomic E-state index is 12.2. The molecule has 0 spiro atoms. The molecule has 138 valence electrons. The van der Waals surface area contributed by atoms with Crippen molar-refractivity contribution >= 4 is 23.9 Å². The first-order valence-electron chi connectivity index (χ1n) is 8.15. The predicted octanol–water partition coefficient (Wildman–Crippen LogP) is 2.21. The number of amides is 1. The molecular weight excluding hydrogens is 348 g/mol. The third-order valence-corrected chi connectivity index (χ3v) is 3.86. The van der Waals surface area contributed by atoms with Gasteiger partial charge in [0.25, 0.3) is 5.91 Å². The van der Waals surface area contributed by atoms with Crippen LogP contribution < -0.4 is 15.2 Å². The van der Waals surface area contributed by atoms with E-state index in [-0.39, 0.29) is 18.2 Å². The smallest absolute Gasteiger partial charge is 0.363 e. The van der Waals surface area contributed by atoms with Crippen molar-refractivity contribution in [2.45, 2.75) is 6.92 Å². The molecule has 0 bridgehead atoms. The van der Waals surface area contributed by atoms with Crippen molar-refractivity contribution in [3.63, 3.8) is 0 Å². The van der Waals surface area contributed by atoms with E-state index < -0.39 is 11.9 Å². The number of nitrogens with two attached hydrogens (primary N) is 1. The number of hydrogen-bond acceptors (Lipinski definition) is 6. The molecule has 7 heteroatoms. The Kier molecular flexibility index (Phi) is 5.21. The van der Waals surface area contributed by atoms with Crippen LogP contribution in [0.25, 0.3) is 6.08 Å². The standard InChI is InChI=1S/C20H18N2O5/c1-12-5-3-4-6-14(12)19-22-15(20(24)27-19)9-13-7-8-16(17(10-13)25-2)26-11-18(21)23/h3-10H,11H2,1-2H3,(H2,21,23)/b15-9+. The number of cyclic esters (lactones) is 1. The summed E-state index contributed by atoms with van der Waals surface area (Å²) in [6.45, 7) is 1.66. The molecule has 0 aromatic heterocycles. The number of aryl methyl sites for hydroxylation is 1. The largest absolute Gasteiger partial charge is 0.493 e. The summed E-state index contributed by atoms with van der Waals surface area (Å²) in [4.78, 5) is 27.3. The van der Waals surface area contributed by atoms with Crippen LogP contribution in [0.4, 0.5) is 0 Å². The number of primary amides is 1. The van der Waals surface area contributed by atoms with Crippen LogP contribution in [0.3, 0.4) is 0 Å². The van der Waals surface area contributed by atoms with E-state index in [1.165, 1.54) is 7.11 Å². The number of hydrogen-bond donors (Lipinski definition) is 1. The van der Waals surface area contributed by atoms with E-state index in [0.29, 0.717) is 17.1 Å². The van der Waals surface area contributed by atoms with E-state index in [2.05, 4.69) is 4.99 Å². The number of aliphatic imine (C=N–C) groups is 1. The van der Waals surface area contributed by atoms with Crippen LogP contribution >= 0.6 is 0 Å². The first-order valence-corrected chi connectivity index (χ1v) is 8.15. The molecule has 0 unspecified atom stereocenters. The fraction of sp³-hybridized carbons (Fsp3) is 0.150. The van der Waals surface area contributed by atoms with Crippen LogP contribution in [-0.4, -0.2) is 31.5 Å². The van der Waals surface area contributed by atoms with E-state index in [1.807, 2.05) is 31.2 Å². The monoisotopic (exact) mass is 366 g/mol. The Morgan fingerprint density at radius 2 is 2.00 bits per heavy atom. The van der Waals surface area contributed by atoms with Crippen molar-refractivity contribution in [3.05, 3.63) is 64.9 Å². The van der Waals surface area contributed by atoms with Crippen molar-refractivity contribution < 1.29 is 23.8 Å². The van der Waals surface area contributed by atoms with Crippen molar-refractivity contribution in [2.24, 2.45) is 10.7 Å². The summed E-state index contributed by atoms with van der Waals surface area (Å²) in [6, 6.07) is 12.5. The van der Waals surface area contributed by atoms with Gasteiger partial charge in [0, 0.05) is 5.56 Å². The first kappa shape index (κ1) is 18.2. The van der Waals surface area contributed by atoms with E-state index in [1.54, 1.807) is 24.3 Å². The van der Waals surface area contributed by atoms with Gasteiger partial charge in [-0.25, -0.2) is 9.79 Å². The highest BCUT2D eigenvalue weighted by Gasteiger charge is 2.25. The molecule has 0 aliphatic carbocycles. The van der Waals surface area contributed by atoms with Gasteiger partial charge in [-0.3, -0.25) is 4.79 Å². The SMILES string of the molecule is COc1cc(/C=C2/N=C(c3ccccc3C)OC2=O)ccc1OCC(N)=O. The highest BCUT2D eigenvalue weighted by Crippen LogP contribution is 2.30. The van der Waals surface area contributed by atoms with E-state index >= 15 is 0 Å². The van der Waals surface area contributed by atoms with Crippen molar-refractivity contribution in [2.75, 3.05) is 13.7 Å². The van der Waals surface area contributed by atoms with Gasteiger partial charge in [-0.2, -0.15) is 0 Å². The van der Waals surface area contributed by atoms with Gasteiger partial charge in [-0.05, 0) is 42.3 Å². The quantitative estimate of drug-likeness (QED) is 0.624. The van der Waals surface area contributed by atoms with Crippen LogP contribution in [0.5, 0.6) is 11.5 Å². The highest BCUT2D eigenvalue weighted by atomic mass is 16.6. The Bertz CT molecular complexity index is 963. The Labute approximate surface area is 156 Å². The second kappa shape index (κ2) is 7.74. The third-order valence-electron chi connectivity index (χ3n) is 3.86. The minimum absolute atomic E-state index is 0.182. The number of nitrogens with zero attached hydrogens (tertiary/aromatic N) is 1. The van der Waals surface area contributed by atoms with Crippen LogP contribution in [0.2, 0.25) is 0 Å². The van der Waals surface area contributed by atoms with Gasteiger partial charge in [0.15, 0.2) is 23.8 Å². The summed E-state index contributed by atoms with van der Waals surface area (Å²) in [7, 11) is 1.47. The molecule has 0 fully saturated rings. The number of ether oxygens (including phenoxy) is 3. The number of esters is 1. The van der Waals surface area contributed by atoms with Gasteiger partial charge in [0.2, 0.25) is 5.90 Å². The number of carbonyl (C=O) groups excluding carboxylic acids is 2. The van der Waals surface area contributed by atoms with Crippen LogP contribution in [-0.2, 0) is 14.3 Å². The molecular formula is C20H18N2O5. The third kappa shape index (κ3) is 4.14. The molecule has 1 aliphatic rings. The maximum atomic E-state index is 12.2. The average Bonchev–Trinajstić information content (AvgIpc) is 3.01. The highest BCUT2D eigenvalue weighted by molar-refractivity contribution is 6.13. The summed E-state index contributed by atoms with van der Waals surface area (Å²) in [5.74, 6) is -0.0642. The molecule has 2 N–H and O–H groups in total. The number of benzene rings is 2. The van der Waals surface area contributed by atoms with Gasteiger partial charge in [-0.15, -0.1) is 0 Å². The molecule has 1 heterocycles. The molecule has 2 aromatic carbocycles. The summed E-state index contributed by atoms with van der Waals surface area (Å²) in [6.07, 6.45) is 1.59. The fourth-order valence-electron chi connectivity index (χ4n) is 2.54. The Morgan fingerprint density at radius 3 is 2.70 bits per heavy atom. The zero-order valence-electron chi connectivity index (χ0n) is 14.9. The van der Waals surface area contributed by atoms with Gasteiger partial charge < -0.3 is 19.9 Å². The number of rotatable bonds is 6. The molecule has 7 nitrogen and oxygen atoms in total. The second-order valence-corrected chi connectivity index (χ2v) is 5.82. The topological polar surface area (TPSA) is 100 Å². The molecule has 0 saturated heterocycles. The summed E-state index contributed by atoms with van der Waals surface area (Å²) >= 11 is 0. The molecule has 1 aliphatic heterocycles. The normalized spacial score (nSPS) is 14.7. The first-order chi connectivity index (χ1) is 13.0. The fourth-order valence-corrected chi connectivity index (χ4v) is 2.54. The molecule has 1 amide bonds. The molecule has 0 atom stereocenters. The summed E-state index contributed by atoms with van der Waals surface area (Å²) in [5, 5.41) is 0. The van der Waals surface area contributed by atoms with Gasteiger partial charge >= 0.3 is 5.97 Å². The van der Waals surface area contributed by atoms with E-state index in [0.717, 1.165) is 11.1 Å². The Balaban J connectivity index is 1.88. The molecule has 0 saturated carbocycles. The van der Waals surface area contributed by atoms with Gasteiger partial charge in [-0.1, -0.05) is 24.3 Å². The Morgan fingerprint density at radius 1 is 1.22 bits per heavy atom. The predicted molar refractivity (Wildman–Crippen MR) is 99.5 cm³/mol. The van der Waals surface area contributed by atoms with Gasteiger partial charge in [0.1, 0.15) is 0 Å². The molecule has 27 heavy (non-hydrogen) atoms. The van der Waals surface area contributed by atoms with Crippen molar-refractivity contribution in [1.82, 2.24) is 0 Å². The lowest BCUT2D eigenvalue weighted by Crippen LogP contribution is -2.20. The lowest BCUT2D eigenvalue weighted by atomic mass is 10.1. The second-order valence-electron chi connectivity index (χ2n) is 5.82. The van der Waals surface area contributed by atoms with Gasteiger partial charge in [0.05, 0.1) is 7.11 Å². The molecule has 3 rings (SSSR count). The maximum Gasteiger partial charge on any atom is 0.363 e. The van der Waals surface area contributed by atoms with Crippen LogP contribution in [0.1, 0.15) is 16.7 Å². The zero-order valence-corrected chi connectivity index (χ0v) is 14.9. The van der Waals surface area contributed by atoms with Crippen molar-refractivity contribution in [3.8, 4) is 11.5 Å². The molecule has 0 radical (unpaired) electrons. The van der Waals surface area contributed by atoms with Crippen molar-refractivity contribution in [1.29, 1.82) is 0 Å². The summed E-state index contributed by atoms with van der Waals surface area (Å²) < 4.78 is 15.8. The van der Waals surface area contributed by atoms with Crippen LogP contribution in [0, 0.1) is 6.92 Å².